The summed E-state index contributed by atoms with van der Waals surface area (Å²) in [5, 5.41) is 26.8. The second-order valence-electron chi connectivity index (χ2n) is 4.31. The molecule has 0 aliphatic rings. The molecule has 21 heavy (non-hydrogen) atoms. The number of nitro groups is 1. The number of aryl methyl sites for hydroxylation is 1. The predicted octanol–water partition coefficient (Wildman–Crippen LogP) is 1.08. The van der Waals surface area contributed by atoms with Crippen LogP contribution in [0.2, 0.25) is 0 Å². The molecular formula is C12H13N5O4. The zero-order chi connectivity index (χ0) is 15.4. The summed E-state index contributed by atoms with van der Waals surface area (Å²) in [6.45, 7) is 0.355. The van der Waals surface area contributed by atoms with E-state index < -0.39 is 10.9 Å². The van der Waals surface area contributed by atoms with Gasteiger partial charge in [-0.3, -0.25) is 14.8 Å². The fourth-order valence-electron chi connectivity index (χ4n) is 1.78. The van der Waals surface area contributed by atoms with Gasteiger partial charge in [0.25, 0.3) is 5.69 Å². The Bertz CT molecular complexity index is 682. The van der Waals surface area contributed by atoms with Gasteiger partial charge < -0.3 is 10.4 Å². The summed E-state index contributed by atoms with van der Waals surface area (Å²) in [7, 11) is 1.74. The molecule has 0 spiro atoms. The summed E-state index contributed by atoms with van der Waals surface area (Å²) < 4.78 is 1.56. The van der Waals surface area contributed by atoms with Crippen molar-refractivity contribution in [3.63, 3.8) is 0 Å². The highest BCUT2D eigenvalue weighted by Crippen LogP contribution is 2.25. The number of rotatable bonds is 6. The molecule has 1 heterocycles. The molecule has 2 rings (SSSR count). The normalized spacial score (nSPS) is 10.3. The maximum Gasteiger partial charge on any atom is 0.335 e. The molecule has 0 saturated carbocycles. The van der Waals surface area contributed by atoms with E-state index >= 15 is 0 Å². The van der Waals surface area contributed by atoms with E-state index in [4.69, 9.17) is 5.11 Å². The second-order valence-corrected chi connectivity index (χ2v) is 4.31. The Morgan fingerprint density at radius 1 is 1.52 bits per heavy atom. The molecule has 9 heteroatoms. The number of carboxylic acid groups (broad SMARTS) is 1. The van der Waals surface area contributed by atoms with Crippen LogP contribution in [0, 0.1) is 10.1 Å². The maximum atomic E-state index is 10.9. The van der Waals surface area contributed by atoms with Crippen molar-refractivity contribution < 1.29 is 14.8 Å². The van der Waals surface area contributed by atoms with E-state index in [2.05, 4.69) is 15.4 Å². The van der Waals surface area contributed by atoms with E-state index in [9.17, 15) is 14.9 Å². The number of aromatic carboxylic acids is 1. The molecular weight excluding hydrogens is 278 g/mol. The molecule has 0 atom stereocenters. The van der Waals surface area contributed by atoms with Crippen molar-refractivity contribution in [3.05, 3.63) is 46.0 Å². The van der Waals surface area contributed by atoms with Gasteiger partial charge in [-0.2, -0.15) is 5.10 Å². The van der Waals surface area contributed by atoms with Gasteiger partial charge in [-0.05, 0) is 12.1 Å². The Labute approximate surface area is 119 Å². The minimum atomic E-state index is -1.14. The van der Waals surface area contributed by atoms with Crippen LogP contribution in [0.15, 0.2) is 24.5 Å². The van der Waals surface area contributed by atoms with Crippen molar-refractivity contribution in [1.29, 1.82) is 0 Å². The van der Waals surface area contributed by atoms with Crippen LogP contribution in [-0.2, 0) is 13.5 Å². The Morgan fingerprint density at radius 3 is 2.86 bits per heavy atom. The molecule has 0 amide bonds. The number of hydrogen-bond acceptors (Lipinski definition) is 6. The number of carbonyl (C=O) groups is 1. The maximum absolute atomic E-state index is 10.9. The van der Waals surface area contributed by atoms with E-state index in [0.717, 1.165) is 0 Å². The van der Waals surface area contributed by atoms with E-state index in [1.807, 2.05) is 0 Å². The topological polar surface area (TPSA) is 123 Å². The monoisotopic (exact) mass is 291 g/mol. The lowest BCUT2D eigenvalue weighted by Crippen LogP contribution is -2.09. The minimum Gasteiger partial charge on any atom is -0.478 e. The van der Waals surface area contributed by atoms with Gasteiger partial charge in [-0.25, -0.2) is 9.78 Å². The molecule has 1 aromatic heterocycles. The highest BCUT2D eigenvalue weighted by Gasteiger charge is 2.16. The summed E-state index contributed by atoms with van der Waals surface area (Å²) in [6, 6.07) is 3.61. The molecule has 0 unspecified atom stereocenters. The SMILES string of the molecule is Cn1cnc(CCNc2cc(C(=O)O)ccc2[N+](=O)[O-])n1. The number of anilines is 1. The number of nitrogens with zero attached hydrogens (tertiary/aromatic N) is 4. The van der Waals surface area contributed by atoms with Crippen LogP contribution in [0.5, 0.6) is 0 Å². The molecule has 2 N–H and O–H groups in total. The first-order valence-electron chi connectivity index (χ1n) is 6.07. The highest BCUT2D eigenvalue weighted by molar-refractivity contribution is 5.90. The van der Waals surface area contributed by atoms with Crippen LogP contribution in [0.25, 0.3) is 0 Å². The number of benzene rings is 1. The Balaban J connectivity index is 2.11. The second kappa shape index (κ2) is 5.99. The lowest BCUT2D eigenvalue weighted by Gasteiger charge is -2.07. The van der Waals surface area contributed by atoms with Crippen LogP contribution in [-0.4, -0.2) is 37.3 Å². The van der Waals surface area contributed by atoms with Crippen molar-refractivity contribution in [3.8, 4) is 0 Å². The molecule has 0 bridgehead atoms. The molecule has 0 aliphatic heterocycles. The van der Waals surface area contributed by atoms with Gasteiger partial charge in [0.2, 0.25) is 0 Å². The van der Waals surface area contributed by atoms with E-state index in [0.29, 0.717) is 18.8 Å². The van der Waals surface area contributed by atoms with Gasteiger partial charge in [0.1, 0.15) is 12.0 Å². The van der Waals surface area contributed by atoms with Crippen molar-refractivity contribution in [2.75, 3.05) is 11.9 Å². The summed E-state index contributed by atoms with van der Waals surface area (Å²) >= 11 is 0. The summed E-state index contributed by atoms with van der Waals surface area (Å²) in [5.74, 6) is -0.540. The third-order valence-corrected chi connectivity index (χ3v) is 2.75. The van der Waals surface area contributed by atoms with Gasteiger partial charge in [0.05, 0.1) is 10.5 Å². The number of nitro benzene ring substituents is 1. The molecule has 2 aromatic rings. The van der Waals surface area contributed by atoms with Crippen LogP contribution < -0.4 is 5.32 Å². The smallest absolute Gasteiger partial charge is 0.335 e. The Morgan fingerprint density at radius 2 is 2.29 bits per heavy atom. The first-order valence-corrected chi connectivity index (χ1v) is 6.07. The quantitative estimate of drug-likeness (QED) is 0.602. The Kier molecular flexibility index (Phi) is 4.12. The molecule has 0 fully saturated rings. The van der Waals surface area contributed by atoms with Gasteiger partial charge in [0.15, 0.2) is 5.82 Å². The van der Waals surface area contributed by atoms with Crippen molar-refractivity contribution in [2.45, 2.75) is 6.42 Å². The van der Waals surface area contributed by atoms with E-state index in [1.54, 1.807) is 18.1 Å². The first-order chi connectivity index (χ1) is 9.97. The van der Waals surface area contributed by atoms with Gasteiger partial charge in [0, 0.05) is 26.1 Å². The van der Waals surface area contributed by atoms with Crippen LogP contribution >= 0.6 is 0 Å². The van der Waals surface area contributed by atoms with Gasteiger partial charge in [-0.1, -0.05) is 0 Å². The van der Waals surface area contributed by atoms with E-state index in [-0.39, 0.29) is 16.9 Å². The van der Waals surface area contributed by atoms with Crippen molar-refractivity contribution in [1.82, 2.24) is 14.8 Å². The van der Waals surface area contributed by atoms with Crippen molar-refractivity contribution >= 4 is 17.3 Å². The predicted molar refractivity (Wildman–Crippen MR) is 73.3 cm³/mol. The molecule has 1 aromatic carbocycles. The van der Waals surface area contributed by atoms with Crippen molar-refractivity contribution in [2.24, 2.45) is 7.05 Å². The fraction of sp³-hybridized carbons (Fsp3) is 0.250. The fourth-order valence-corrected chi connectivity index (χ4v) is 1.78. The third-order valence-electron chi connectivity index (χ3n) is 2.75. The molecule has 110 valence electrons. The summed E-state index contributed by atoms with van der Waals surface area (Å²) in [4.78, 5) is 25.3. The molecule has 9 nitrogen and oxygen atoms in total. The largest absolute Gasteiger partial charge is 0.478 e. The number of aromatic nitrogens is 3. The average Bonchev–Trinajstić information content (AvgIpc) is 2.84. The van der Waals surface area contributed by atoms with E-state index in [1.165, 1.54) is 18.2 Å². The molecule has 0 saturated heterocycles. The lowest BCUT2D eigenvalue weighted by atomic mass is 10.1. The molecule has 0 aliphatic carbocycles. The first kappa shape index (κ1) is 14.4. The zero-order valence-electron chi connectivity index (χ0n) is 11.2. The summed E-state index contributed by atoms with van der Waals surface area (Å²) in [6.07, 6.45) is 2.03. The third kappa shape index (κ3) is 3.53. The minimum absolute atomic E-state index is 0.0148. The standard InChI is InChI=1S/C12H13N5O4/c1-16-7-14-11(15-16)4-5-13-9-6-8(12(18)19)2-3-10(9)17(20)21/h2-3,6-7,13H,4-5H2,1H3,(H,18,19). The summed E-state index contributed by atoms with van der Waals surface area (Å²) in [5.41, 5.74) is -0.0242. The van der Waals surface area contributed by atoms with Crippen LogP contribution in [0.3, 0.4) is 0 Å². The van der Waals surface area contributed by atoms with Crippen LogP contribution in [0.4, 0.5) is 11.4 Å². The van der Waals surface area contributed by atoms with Gasteiger partial charge >= 0.3 is 5.97 Å². The Hall–Kier alpha value is -2.97. The molecule has 0 radical (unpaired) electrons. The highest BCUT2D eigenvalue weighted by atomic mass is 16.6. The number of hydrogen-bond donors (Lipinski definition) is 2. The van der Waals surface area contributed by atoms with Gasteiger partial charge in [-0.15, -0.1) is 0 Å². The van der Waals surface area contributed by atoms with Crippen LogP contribution in [0.1, 0.15) is 16.2 Å². The zero-order valence-corrected chi connectivity index (χ0v) is 11.2. The average molecular weight is 291 g/mol. The number of carboxylic acids is 1. The lowest BCUT2D eigenvalue weighted by molar-refractivity contribution is -0.384. The number of nitrogens with one attached hydrogen (secondary N) is 1.